The normalized spacial score (nSPS) is 17.2. The van der Waals surface area contributed by atoms with Crippen molar-refractivity contribution in [2.24, 2.45) is 0 Å². The van der Waals surface area contributed by atoms with Crippen molar-refractivity contribution in [2.45, 2.75) is 45.2 Å². The van der Waals surface area contributed by atoms with Gasteiger partial charge in [0.15, 0.2) is 23.1 Å². The molecule has 0 aliphatic carbocycles. The molecule has 0 unspecified atom stereocenters. The number of carbonyl (C=O) groups excluding carboxylic acids is 2. The van der Waals surface area contributed by atoms with Gasteiger partial charge in [-0.2, -0.15) is 13.2 Å². The molecule has 13 heteroatoms. The molecule has 3 rings (SSSR count). The smallest absolute Gasteiger partial charge is 0.339 e. The summed E-state index contributed by atoms with van der Waals surface area (Å²) in [5.41, 5.74) is -0.416. The van der Waals surface area contributed by atoms with Crippen molar-refractivity contribution in [3.63, 3.8) is 0 Å². The number of alkyl halides is 3. The van der Waals surface area contributed by atoms with Gasteiger partial charge >= 0.3 is 12.2 Å². The first kappa shape index (κ1) is 22.4. The van der Waals surface area contributed by atoms with Crippen molar-refractivity contribution in [1.82, 2.24) is 19.8 Å². The maximum atomic E-state index is 13.4. The average molecular weight is 449 g/mol. The summed E-state index contributed by atoms with van der Waals surface area (Å²) in [5.74, 6) is -5.72. The fraction of sp³-hybridized carbons (Fsp3) is 0.389. The Kier molecular flexibility index (Phi) is 5.87. The number of hydrogen-bond acceptors (Lipinski definition) is 3. The topological polar surface area (TPSA) is 79.3 Å². The van der Waals surface area contributed by atoms with E-state index in [0.717, 1.165) is 6.92 Å². The molecule has 2 atom stereocenters. The van der Waals surface area contributed by atoms with E-state index in [-0.39, 0.29) is 30.2 Å². The number of anilines is 1. The van der Waals surface area contributed by atoms with Crippen molar-refractivity contribution in [2.75, 3.05) is 5.32 Å². The van der Waals surface area contributed by atoms with Gasteiger partial charge in [-0.05, 0) is 13.8 Å². The molecule has 0 fully saturated rings. The van der Waals surface area contributed by atoms with Crippen molar-refractivity contribution >= 4 is 17.6 Å². The minimum atomic E-state index is -4.64. The maximum Gasteiger partial charge on any atom is 0.408 e. The van der Waals surface area contributed by atoms with E-state index in [1.54, 1.807) is 6.92 Å². The number of rotatable bonds is 3. The number of nitrogens with zero attached hydrogens (tertiary/aromatic N) is 3. The van der Waals surface area contributed by atoms with Crippen LogP contribution in [0.4, 0.5) is 36.8 Å². The van der Waals surface area contributed by atoms with Gasteiger partial charge in [0.1, 0.15) is 6.04 Å². The zero-order valence-electron chi connectivity index (χ0n) is 16.2. The van der Waals surface area contributed by atoms with Crippen molar-refractivity contribution in [1.29, 1.82) is 0 Å². The van der Waals surface area contributed by atoms with Crippen molar-refractivity contribution in [3.8, 4) is 0 Å². The van der Waals surface area contributed by atoms with Crippen molar-refractivity contribution < 1.29 is 35.9 Å². The molecule has 1 aromatic heterocycles. The van der Waals surface area contributed by atoms with Gasteiger partial charge in [0.2, 0.25) is 0 Å². The van der Waals surface area contributed by atoms with Crippen LogP contribution < -0.4 is 10.6 Å². The van der Waals surface area contributed by atoms with Crippen LogP contribution in [-0.2, 0) is 13.1 Å². The van der Waals surface area contributed by atoms with Crippen LogP contribution in [0.1, 0.15) is 30.0 Å². The Morgan fingerprint density at radius 1 is 1.19 bits per heavy atom. The SMILES string of the molecule is C[C@@H]1Cn2cnc(C(=O)N[C@H](C)C(F)(F)F)c2CN1C(=O)Nc1cc(F)c(F)c(F)c1. The highest BCUT2D eigenvalue weighted by Gasteiger charge is 2.38. The minimum absolute atomic E-state index is 0.171. The van der Waals surface area contributed by atoms with Gasteiger partial charge in [0.25, 0.3) is 5.91 Å². The maximum absolute atomic E-state index is 13.4. The quantitative estimate of drug-likeness (QED) is 0.557. The van der Waals surface area contributed by atoms with E-state index in [0.29, 0.717) is 12.1 Å². The molecule has 0 saturated heterocycles. The molecule has 7 nitrogen and oxygen atoms in total. The van der Waals surface area contributed by atoms with Gasteiger partial charge in [-0.1, -0.05) is 0 Å². The van der Waals surface area contributed by atoms with Gasteiger partial charge in [-0.25, -0.2) is 22.9 Å². The Balaban J connectivity index is 1.78. The van der Waals surface area contributed by atoms with Gasteiger partial charge < -0.3 is 20.1 Å². The number of carbonyl (C=O) groups is 2. The number of halogens is 6. The molecule has 0 bridgehead atoms. The molecular formula is C18H17F6N5O2. The predicted molar refractivity (Wildman–Crippen MR) is 95.5 cm³/mol. The monoisotopic (exact) mass is 449 g/mol. The Hall–Kier alpha value is -3.25. The molecule has 1 aliphatic heterocycles. The van der Waals surface area contributed by atoms with Gasteiger partial charge in [0.05, 0.1) is 18.6 Å². The second-order valence-corrected chi connectivity index (χ2v) is 7.09. The number of nitrogens with one attached hydrogen (secondary N) is 2. The highest BCUT2D eigenvalue weighted by Crippen LogP contribution is 2.24. The average Bonchev–Trinajstić information content (AvgIpc) is 3.07. The Morgan fingerprint density at radius 2 is 1.81 bits per heavy atom. The van der Waals surface area contributed by atoms with Crippen LogP contribution in [0.3, 0.4) is 0 Å². The van der Waals surface area contributed by atoms with E-state index >= 15 is 0 Å². The van der Waals surface area contributed by atoms with E-state index in [2.05, 4.69) is 10.3 Å². The molecule has 3 amide bonds. The number of urea groups is 1. The Bertz CT molecular complexity index is 998. The standard InChI is InChI=1S/C18H17F6N5O2/c1-8-5-28-7-25-15(16(30)26-9(2)18(22,23)24)13(28)6-29(8)17(31)27-10-3-11(19)14(21)12(20)4-10/h3-4,7-9H,5-6H2,1-2H3,(H,26,30)(H,27,31)/t8-,9-/m1/s1. The van der Waals surface area contributed by atoms with E-state index in [1.165, 1.54) is 15.8 Å². The lowest BCUT2D eigenvalue weighted by atomic mass is 10.1. The molecule has 2 aromatic rings. The summed E-state index contributed by atoms with van der Waals surface area (Å²) in [5, 5.41) is 4.04. The van der Waals surface area contributed by atoms with E-state index < -0.39 is 47.6 Å². The number of hydrogen-bond donors (Lipinski definition) is 2. The third-order valence-electron chi connectivity index (χ3n) is 4.81. The minimum Gasteiger partial charge on any atom is -0.339 e. The highest BCUT2D eigenvalue weighted by atomic mass is 19.4. The lowest BCUT2D eigenvalue weighted by Crippen LogP contribution is -2.47. The summed E-state index contributed by atoms with van der Waals surface area (Å²) < 4.78 is 79.5. The summed E-state index contributed by atoms with van der Waals surface area (Å²) in [6, 6.07) is -2.16. The van der Waals surface area contributed by atoms with Crippen LogP contribution in [-0.4, -0.2) is 44.6 Å². The summed E-state index contributed by atoms with van der Waals surface area (Å²) in [7, 11) is 0. The molecule has 2 heterocycles. The third-order valence-corrected chi connectivity index (χ3v) is 4.81. The first-order valence-corrected chi connectivity index (χ1v) is 9.02. The van der Waals surface area contributed by atoms with Crippen LogP contribution in [0.2, 0.25) is 0 Å². The van der Waals surface area contributed by atoms with E-state index in [4.69, 9.17) is 0 Å². The van der Waals surface area contributed by atoms with Crippen molar-refractivity contribution in [3.05, 3.63) is 47.3 Å². The largest absolute Gasteiger partial charge is 0.408 e. The van der Waals surface area contributed by atoms with Crippen LogP contribution in [0.5, 0.6) is 0 Å². The molecule has 0 saturated carbocycles. The predicted octanol–water partition coefficient (Wildman–Crippen LogP) is 3.42. The van der Waals surface area contributed by atoms with Gasteiger partial charge in [-0.15, -0.1) is 0 Å². The Morgan fingerprint density at radius 3 is 2.39 bits per heavy atom. The first-order chi connectivity index (χ1) is 14.4. The van der Waals surface area contributed by atoms with Crippen LogP contribution in [0, 0.1) is 17.5 Å². The zero-order chi connectivity index (χ0) is 23.1. The lowest BCUT2D eigenvalue weighted by Gasteiger charge is -2.34. The lowest BCUT2D eigenvalue weighted by molar-refractivity contribution is -0.149. The zero-order valence-corrected chi connectivity index (χ0v) is 16.2. The Labute approximate surface area is 172 Å². The summed E-state index contributed by atoms with van der Waals surface area (Å²) in [6.07, 6.45) is -3.37. The number of benzene rings is 1. The molecule has 31 heavy (non-hydrogen) atoms. The van der Waals surface area contributed by atoms with E-state index in [1.807, 2.05) is 5.32 Å². The molecular weight excluding hydrogens is 432 g/mol. The van der Waals surface area contributed by atoms with Crippen LogP contribution in [0.15, 0.2) is 18.5 Å². The van der Waals surface area contributed by atoms with E-state index in [9.17, 15) is 35.9 Å². The second-order valence-electron chi connectivity index (χ2n) is 7.09. The molecule has 1 aromatic carbocycles. The fourth-order valence-electron chi connectivity index (χ4n) is 3.06. The van der Waals surface area contributed by atoms with Crippen LogP contribution >= 0.6 is 0 Å². The summed E-state index contributed by atoms with van der Waals surface area (Å²) in [4.78, 5) is 29.9. The number of imidazole rings is 1. The van der Waals surface area contributed by atoms with Gasteiger partial charge in [-0.3, -0.25) is 4.79 Å². The molecule has 0 radical (unpaired) electrons. The molecule has 2 N–H and O–H groups in total. The van der Waals surface area contributed by atoms with Gasteiger partial charge in [0, 0.05) is 30.4 Å². The second kappa shape index (κ2) is 8.12. The first-order valence-electron chi connectivity index (χ1n) is 9.02. The summed E-state index contributed by atoms with van der Waals surface area (Å²) >= 11 is 0. The number of fused-ring (bicyclic) bond motifs is 1. The number of amides is 3. The molecule has 168 valence electrons. The molecule has 1 aliphatic rings. The highest BCUT2D eigenvalue weighted by molar-refractivity contribution is 5.94. The molecule has 0 spiro atoms. The third kappa shape index (κ3) is 4.59. The summed E-state index contributed by atoms with van der Waals surface area (Å²) in [6.45, 7) is 2.40. The van der Waals surface area contributed by atoms with Crippen LogP contribution in [0.25, 0.3) is 0 Å². The fourth-order valence-corrected chi connectivity index (χ4v) is 3.06. The number of aromatic nitrogens is 2.